The van der Waals surface area contributed by atoms with Crippen LogP contribution in [0.1, 0.15) is 6.42 Å². The number of rotatable bonds is 2. The topological polar surface area (TPSA) is 69.5 Å². The molecule has 0 radical (unpaired) electrons. The molecule has 0 spiro atoms. The van der Waals surface area contributed by atoms with E-state index < -0.39 is 5.54 Å². The molecule has 17 heavy (non-hydrogen) atoms. The van der Waals surface area contributed by atoms with Crippen molar-refractivity contribution in [1.29, 1.82) is 0 Å². The third-order valence-electron chi connectivity index (χ3n) is 4.33. The van der Waals surface area contributed by atoms with Crippen molar-refractivity contribution in [2.75, 3.05) is 27.4 Å². The van der Waals surface area contributed by atoms with Gasteiger partial charge in [-0.1, -0.05) is 0 Å². The van der Waals surface area contributed by atoms with Crippen molar-refractivity contribution in [1.82, 2.24) is 0 Å². The largest absolute Gasteiger partial charge is 0.467 e. The van der Waals surface area contributed by atoms with Gasteiger partial charge in [0.15, 0.2) is 11.8 Å². The number of esters is 1. The molecule has 3 rings (SSSR count). The molecule has 0 amide bonds. The minimum Gasteiger partial charge on any atom is -0.467 e. The molecule has 2 fully saturated rings. The average Bonchev–Trinajstić information content (AvgIpc) is 2.97. The lowest BCUT2D eigenvalue weighted by molar-refractivity contribution is -0.150. The van der Waals surface area contributed by atoms with Gasteiger partial charge in [-0.25, -0.2) is 4.79 Å². The van der Waals surface area contributed by atoms with Crippen molar-refractivity contribution in [3.8, 4) is 0 Å². The van der Waals surface area contributed by atoms with Crippen molar-refractivity contribution >= 4 is 5.97 Å². The minimum absolute atomic E-state index is 0.0381. The van der Waals surface area contributed by atoms with Crippen LogP contribution in [0.15, 0.2) is 10.2 Å². The van der Waals surface area contributed by atoms with Crippen LogP contribution in [-0.4, -0.2) is 45.2 Å². The summed E-state index contributed by atoms with van der Waals surface area (Å²) in [4.78, 5) is 12.1. The van der Waals surface area contributed by atoms with E-state index in [2.05, 4.69) is 10.2 Å². The second-order valence-electron chi connectivity index (χ2n) is 4.88. The van der Waals surface area contributed by atoms with Gasteiger partial charge in [0.05, 0.1) is 20.3 Å². The Hall–Kier alpha value is -1.01. The molecule has 3 aliphatic rings. The number of nitrogens with zero attached hydrogens (tertiary/aromatic N) is 2. The number of ether oxygens (including phenoxy) is 3. The maximum atomic E-state index is 12.1. The maximum Gasteiger partial charge on any atom is 0.336 e. The summed E-state index contributed by atoms with van der Waals surface area (Å²) in [6.07, 6.45) is 0.646. The van der Waals surface area contributed by atoms with E-state index >= 15 is 0 Å². The molecule has 5 atom stereocenters. The molecule has 0 unspecified atom stereocenters. The SMILES string of the molecule is COC(=O)[C@@]12N=NC[C@@H]1C[C@@H]1[C@@H](OC)OC[C@@H]12. The van der Waals surface area contributed by atoms with Gasteiger partial charge in [-0.2, -0.15) is 10.2 Å². The van der Waals surface area contributed by atoms with Crippen molar-refractivity contribution < 1.29 is 19.0 Å². The molecule has 2 aliphatic heterocycles. The first-order valence-electron chi connectivity index (χ1n) is 5.85. The number of methoxy groups -OCH3 is 2. The van der Waals surface area contributed by atoms with Crippen molar-refractivity contribution in [3.63, 3.8) is 0 Å². The highest BCUT2D eigenvalue weighted by Gasteiger charge is 2.67. The van der Waals surface area contributed by atoms with Gasteiger partial charge in [-0.15, -0.1) is 0 Å². The van der Waals surface area contributed by atoms with E-state index in [4.69, 9.17) is 14.2 Å². The predicted molar refractivity (Wildman–Crippen MR) is 56.3 cm³/mol. The number of hydrogen-bond donors (Lipinski definition) is 0. The van der Waals surface area contributed by atoms with Crippen LogP contribution in [0, 0.1) is 17.8 Å². The van der Waals surface area contributed by atoms with Gasteiger partial charge >= 0.3 is 5.97 Å². The smallest absolute Gasteiger partial charge is 0.336 e. The van der Waals surface area contributed by atoms with E-state index in [1.165, 1.54) is 7.11 Å². The molecule has 6 nitrogen and oxygen atoms in total. The molecule has 6 heteroatoms. The quantitative estimate of drug-likeness (QED) is 0.663. The fourth-order valence-corrected chi connectivity index (χ4v) is 3.57. The van der Waals surface area contributed by atoms with E-state index in [-0.39, 0.29) is 30.0 Å². The number of hydrogen-bond acceptors (Lipinski definition) is 6. The summed E-state index contributed by atoms with van der Waals surface area (Å²) in [5.41, 5.74) is -0.813. The van der Waals surface area contributed by atoms with Crippen molar-refractivity contribution in [3.05, 3.63) is 0 Å². The second kappa shape index (κ2) is 3.74. The molecule has 0 aromatic carbocycles. The summed E-state index contributed by atoms with van der Waals surface area (Å²) in [5.74, 6) is 0.127. The molecule has 1 saturated carbocycles. The summed E-state index contributed by atoms with van der Waals surface area (Å²) >= 11 is 0. The molecule has 0 aromatic rings. The second-order valence-corrected chi connectivity index (χ2v) is 4.88. The van der Waals surface area contributed by atoms with Crippen LogP contribution in [0.25, 0.3) is 0 Å². The zero-order valence-corrected chi connectivity index (χ0v) is 9.96. The van der Waals surface area contributed by atoms with Gasteiger partial charge in [0.1, 0.15) is 0 Å². The summed E-state index contributed by atoms with van der Waals surface area (Å²) in [6.45, 7) is 1.10. The van der Waals surface area contributed by atoms with Gasteiger partial charge in [0.2, 0.25) is 0 Å². The van der Waals surface area contributed by atoms with Gasteiger partial charge in [-0.3, -0.25) is 0 Å². The maximum absolute atomic E-state index is 12.1. The van der Waals surface area contributed by atoms with Crippen LogP contribution in [0.3, 0.4) is 0 Å². The molecule has 1 saturated heterocycles. The van der Waals surface area contributed by atoms with Gasteiger partial charge in [0.25, 0.3) is 0 Å². The highest BCUT2D eigenvalue weighted by atomic mass is 16.7. The number of carbonyl (C=O) groups excluding carboxylic acids is 1. The molecule has 94 valence electrons. The van der Waals surface area contributed by atoms with Crippen LogP contribution in [0.4, 0.5) is 0 Å². The lowest BCUT2D eigenvalue weighted by Gasteiger charge is -2.26. The van der Waals surface area contributed by atoms with Crippen LogP contribution < -0.4 is 0 Å². The molecule has 2 heterocycles. The Morgan fingerprint density at radius 2 is 2.29 bits per heavy atom. The van der Waals surface area contributed by atoms with Gasteiger partial charge in [-0.05, 0) is 6.42 Å². The van der Waals surface area contributed by atoms with E-state index in [9.17, 15) is 4.79 Å². The fourth-order valence-electron chi connectivity index (χ4n) is 3.57. The Kier molecular flexibility index (Phi) is 2.45. The number of azo groups is 1. The van der Waals surface area contributed by atoms with Crippen molar-refractivity contribution in [2.24, 2.45) is 28.0 Å². The first-order chi connectivity index (χ1) is 8.24. The lowest BCUT2D eigenvalue weighted by atomic mass is 9.81. The first-order valence-corrected chi connectivity index (χ1v) is 5.85. The Labute approximate surface area is 99.3 Å². The number of carbonyl (C=O) groups is 1. The van der Waals surface area contributed by atoms with Crippen LogP contribution in [0.5, 0.6) is 0 Å². The zero-order valence-electron chi connectivity index (χ0n) is 9.96. The molecule has 0 aromatic heterocycles. The highest BCUT2D eigenvalue weighted by molar-refractivity contribution is 5.83. The third-order valence-corrected chi connectivity index (χ3v) is 4.33. The monoisotopic (exact) mass is 240 g/mol. The van der Waals surface area contributed by atoms with Gasteiger partial charge in [0, 0.05) is 24.9 Å². The van der Waals surface area contributed by atoms with Gasteiger partial charge < -0.3 is 14.2 Å². The van der Waals surface area contributed by atoms with Crippen LogP contribution >= 0.6 is 0 Å². The van der Waals surface area contributed by atoms with E-state index in [0.717, 1.165) is 6.42 Å². The average molecular weight is 240 g/mol. The third kappa shape index (κ3) is 1.25. The summed E-state index contributed by atoms with van der Waals surface area (Å²) in [6, 6.07) is 0. The lowest BCUT2D eigenvalue weighted by Crippen LogP contribution is -2.46. The minimum atomic E-state index is -0.813. The Balaban J connectivity index is 1.96. The Morgan fingerprint density at radius 3 is 3.00 bits per heavy atom. The van der Waals surface area contributed by atoms with E-state index in [1.807, 2.05) is 0 Å². The standard InChI is InChI=1S/C11H16N2O4/c1-15-9-7-3-6-4-12-13-11(6,10(14)16-2)8(7)5-17-9/h6-9H,3-5H2,1-2H3/t6-,7-,8-,9-,11+/m0/s1. The zero-order chi connectivity index (χ0) is 12.0. The molecule has 0 N–H and O–H groups in total. The Bertz CT molecular complexity index is 372. The summed E-state index contributed by atoms with van der Waals surface area (Å²) in [7, 11) is 3.03. The molecular formula is C11H16N2O4. The predicted octanol–water partition coefficient (Wildman–Crippen LogP) is 0.619. The fraction of sp³-hybridized carbons (Fsp3) is 0.909. The first kappa shape index (κ1) is 11.1. The molecule has 0 bridgehead atoms. The highest BCUT2D eigenvalue weighted by Crippen LogP contribution is 2.55. The van der Waals surface area contributed by atoms with E-state index in [1.54, 1.807) is 7.11 Å². The summed E-state index contributed by atoms with van der Waals surface area (Å²) in [5, 5.41) is 8.27. The molecular weight excluding hydrogens is 224 g/mol. The summed E-state index contributed by atoms with van der Waals surface area (Å²) < 4.78 is 15.8. The Morgan fingerprint density at radius 1 is 1.47 bits per heavy atom. The van der Waals surface area contributed by atoms with Crippen LogP contribution in [-0.2, 0) is 19.0 Å². The molecule has 1 aliphatic carbocycles. The number of fused-ring (bicyclic) bond motifs is 3. The van der Waals surface area contributed by atoms with Crippen molar-refractivity contribution in [2.45, 2.75) is 18.2 Å². The van der Waals surface area contributed by atoms with E-state index in [0.29, 0.717) is 13.2 Å². The normalized spacial score (nSPS) is 46.9. The van der Waals surface area contributed by atoms with Crippen LogP contribution in [0.2, 0.25) is 0 Å².